The standard InChI is InChI=1S/C7H8N2O2/c1-4-7(3,10)6-9-8-5(2)11-6/h1,10H,2-3H3. The van der Waals surface area contributed by atoms with Crippen LogP contribution in [-0.2, 0) is 5.60 Å². The van der Waals surface area contributed by atoms with E-state index in [9.17, 15) is 5.11 Å². The van der Waals surface area contributed by atoms with E-state index in [-0.39, 0.29) is 5.89 Å². The molecule has 0 fully saturated rings. The van der Waals surface area contributed by atoms with Crippen LogP contribution in [0.2, 0.25) is 0 Å². The van der Waals surface area contributed by atoms with Crippen LogP contribution in [0.15, 0.2) is 4.42 Å². The molecule has 4 heteroatoms. The molecule has 0 aliphatic heterocycles. The van der Waals surface area contributed by atoms with E-state index in [1.165, 1.54) is 6.92 Å². The second kappa shape index (κ2) is 2.36. The van der Waals surface area contributed by atoms with Gasteiger partial charge in [0.2, 0.25) is 11.5 Å². The first-order valence-corrected chi connectivity index (χ1v) is 3.07. The predicted octanol–water partition coefficient (Wildman–Crippen LogP) is 0.219. The Labute approximate surface area is 64.3 Å². The van der Waals surface area contributed by atoms with Gasteiger partial charge in [-0.15, -0.1) is 16.6 Å². The van der Waals surface area contributed by atoms with Gasteiger partial charge >= 0.3 is 0 Å². The van der Waals surface area contributed by atoms with Gasteiger partial charge in [0.25, 0.3) is 5.89 Å². The largest absolute Gasteiger partial charge is 0.421 e. The van der Waals surface area contributed by atoms with Crippen molar-refractivity contribution in [1.29, 1.82) is 0 Å². The fraction of sp³-hybridized carbons (Fsp3) is 0.429. The number of nitrogens with zero attached hydrogens (tertiary/aromatic N) is 2. The molecule has 1 atom stereocenters. The second-order valence-corrected chi connectivity index (χ2v) is 2.34. The van der Waals surface area contributed by atoms with Crippen molar-refractivity contribution in [2.24, 2.45) is 0 Å². The fourth-order valence-electron chi connectivity index (χ4n) is 0.555. The second-order valence-electron chi connectivity index (χ2n) is 2.34. The van der Waals surface area contributed by atoms with Gasteiger partial charge in [-0.25, -0.2) is 0 Å². The van der Waals surface area contributed by atoms with Crippen molar-refractivity contribution >= 4 is 0 Å². The summed E-state index contributed by atoms with van der Waals surface area (Å²) in [6.45, 7) is 3.04. The quantitative estimate of drug-likeness (QED) is 0.585. The zero-order valence-corrected chi connectivity index (χ0v) is 6.33. The van der Waals surface area contributed by atoms with Gasteiger partial charge in [0, 0.05) is 6.92 Å². The van der Waals surface area contributed by atoms with Crippen LogP contribution in [0.4, 0.5) is 0 Å². The Morgan fingerprint density at radius 1 is 1.64 bits per heavy atom. The van der Waals surface area contributed by atoms with Crippen LogP contribution >= 0.6 is 0 Å². The highest BCUT2D eigenvalue weighted by Gasteiger charge is 2.26. The maximum atomic E-state index is 9.38. The van der Waals surface area contributed by atoms with Crippen LogP contribution in [0.1, 0.15) is 18.7 Å². The lowest BCUT2D eigenvalue weighted by atomic mass is 10.1. The summed E-state index contributed by atoms with van der Waals surface area (Å²) in [5.41, 5.74) is -1.46. The summed E-state index contributed by atoms with van der Waals surface area (Å²) in [5.74, 6) is 2.57. The molecule has 1 N–H and O–H groups in total. The maximum Gasteiger partial charge on any atom is 0.260 e. The third-order valence-electron chi connectivity index (χ3n) is 1.22. The van der Waals surface area contributed by atoms with Crippen LogP contribution < -0.4 is 0 Å². The molecule has 0 aliphatic carbocycles. The fourth-order valence-corrected chi connectivity index (χ4v) is 0.555. The Bertz CT molecular complexity index is 296. The Hall–Kier alpha value is -1.34. The minimum atomic E-state index is -1.46. The van der Waals surface area contributed by atoms with Crippen molar-refractivity contribution in [3.8, 4) is 12.3 Å². The van der Waals surface area contributed by atoms with E-state index in [2.05, 4.69) is 16.1 Å². The number of hydrogen-bond donors (Lipinski definition) is 1. The zero-order valence-electron chi connectivity index (χ0n) is 6.33. The van der Waals surface area contributed by atoms with Crippen molar-refractivity contribution in [2.45, 2.75) is 19.4 Å². The third-order valence-corrected chi connectivity index (χ3v) is 1.22. The number of hydrogen-bond acceptors (Lipinski definition) is 4. The molecule has 1 heterocycles. The summed E-state index contributed by atoms with van der Waals surface area (Å²) in [4.78, 5) is 0. The van der Waals surface area contributed by atoms with Gasteiger partial charge in [0.1, 0.15) is 0 Å². The molecule has 4 nitrogen and oxygen atoms in total. The van der Waals surface area contributed by atoms with E-state index in [1.807, 2.05) is 0 Å². The van der Waals surface area contributed by atoms with Gasteiger partial charge in [-0.2, -0.15) is 0 Å². The lowest BCUT2D eigenvalue weighted by Crippen LogP contribution is -2.18. The highest BCUT2D eigenvalue weighted by atomic mass is 16.4. The van der Waals surface area contributed by atoms with E-state index < -0.39 is 5.60 Å². The van der Waals surface area contributed by atoms with E-state index >= 15 is 0 Å². The summed E-state index contributed by atoms with van der Waals surface area (Å²) in [5, 5.41) is 16.5. The Morgan fingerprint density at radius 2 is 2.27 bits per heavy atom. The number of terminal acetylenes is 1. The van der Waals surface area contributed by atoms with Gasteiger partial charge in [-0.05, 0) is 6.92 Å². The molecule has 0 saturated carbocycles. The monoisotopic (exact) mass is 152 g/mol. The molecule has 0 aliphatic rings. The molecule has 1 aromatic heterocycles. The predicted molar refractivity (Wildman–Crippen MR) is 37.4 cm³/mol. The van der Waals surface area contributed by atoms with E-state index in [0.717, 1.165) is 0 Å². The third kappa shape index (κ3) is 1.38. The van der Waals surface area contributed by atoms with E-state index in [0.29, 0.717) is 5.89 Å². The number of rotatable bonds is 1. The lowest BCUT2D eigenvalue weighted by molar-refractivity contribution is 0.0883. The first-order chi connectivity index (χ1) is 5.06. The van der Waals surface area contributed by atoms with Gasteiger partial charge in [0.05, 0.1) is 0 Å². The molecule has 1 aromatic rings. The zero-order chi connectivity index (χ0) is 8.48. The van der Waals surface area contributed by atoms with E-state index in [4.69, 9.17) is 10.8 Å². The molecular weight excluding hydrogens is 144 g/mol. The molecule has 58 valence electrons. The molecule has 11 heavy (non-hydrogen) atoms. The Morgan fingerprint density at radius 3 is 2.64 bits per heavy atom. The minimum absolute atomic E-state index is 0.0532. The first kappa shape index (κ1) is 7.76. The minimum Gasteiger partial charge on any atom is -0.421 e. The summed E-state index contributed by atoms with van der Waals surface area (Å²) >= 11 is 0. The van der Waals surface area contributed by atoms with Crippen molar-refractivity contribution < 1.29 is 9.52 Å². The molecule has 0 amide bonds. The first-order valence-electron chi connectivity index (χ1n) is 3.07. The van der Waals surface area contributed by atoms with E-state index in [1.54, 1.807) is 6.92 Å². The van der Waals surface area contributed by atoms with Crippen LogP contribution in [0.25, 0.3) is 0 Å². The van der Waals surface area contributed by atoms with Gasteiger partial charge < -0.3 is 9.52 Å². The average molecular weight is 152 g/mol. The van der Waals surface area contributed by atoms with Crippen LogP contribution in [-0.4, -0.2) is 15.3 Å². The number of aromatic nitrogens is 2. The van der Waals surface area contributed by atoms with Gasteiger partial charge in [0.15, 0.2) is 0 Å². The molecule has 0 spiro atoms. The summed E-state index contributed by atoms with van der Waals surface area (Å²) in [7, 11) is 0. The van der Waals surface area contributed by atoms with Gasteiger partial charge in [-0.3, -0.25) is 0 Å². The Kier molecular flexibility index (Phi) is 1.67. The molecule has 0 aromatic carbocycles. The van der Waals surface area contributed by atoms with Gasteiger partial charge in [-0.1, -0.05) is 5.92 Å². The normalized spacial score (nSPS) is 15.5. The topological polar surface area (TPSA) is 59.2 Å². The van der Waals surface area contributed by atoms with Crippen molar-refractivity contribution in [3.05, 3.63) is 11.8 Å². The molecule has 0 radical (unpaired) electrons. The van der Waals surface area contributed by atoms with Crippen molar-refractivity contribution in [1.82, 2.24) is 10.2 Å². The van der Waals surface area contributed by atoms with Crippen LogP contribution in [0.5, 0.6) is 0 Å². The lowest BCUT2D eigenvalue weighted by Gasteiger charge is -2.08. The van der Waals surface area contributed by atoms with Crippen molar-refractivity contribution in [2.75, 3.05) is 0 Å². The van der Waals surface area contributed by atoms with Crippen LogP contribution in [0, 0.1) is 19.3 Å². The summed E-state index contributed by atoms with van der Waals surface area (Å²) in [6.07, 6.45) is 5.02. The molecule has 0 saturated heterocycles. The molecule has 1 rings (SSSR count). The highest BCUT2D eigenvalue weighted by Crippen LogP contribution is 2.16. The average Bonchev–Trinajstić information content (AvgIpc) is 2.36. The molecule has 1 unspecified atom stereocenters. The number of aliphatic hydroxyl groups is 1. The number of aryl methyl sites for hydroxylation is 1. The summed E-state index contributed by atoms with van der Waals surface area (Å²) in [6, 6.07) is 0. The molecular formula is C7H8N2O2. The maximum absolute atomic E-state index is 9.38. The van der Waals surface area contributed by atoms with Crippen molar-refractivity contribution in [3.63, 3.8) is 0 Å². The smallest absolute Gasteiger partial charge is 0.260 e. The highest BCUT2D eigenvalue weighted by molar-refractivity contribution is 5.12. The Balaban J connectivity index is 3.04. The van der Waals surface area contributed by atoms with Crippen LogP contribution in [0.3, 0.4) is 0 Å². The summed E-state index contributed by atoms with van der Waals surface area (Å²) < 4.78 is 4.92. The molecule has 0 bridgehead atoms. The SMILES string of the molecule is C#CC(C)(O)c1nnc(C)o1.